The number of oxime groups is 1. The lowest BCUT2D eigenvalue weighted by Crippen LogP contribution is -2.21. The number of unbranched alkanes of at least 4 members (excludes halogenated alkanes) is 2. The summed E-state index contributed by atoms with van der Waals surface area (Å²) in [5.41, 5.74) is 1.53. The number of rotatable bonds is 7. The fourth-order valence-corrected chi connectivity index (χ4v) is 1.74. The van der Waals surface area contributed by atoms with Crippen molar-refractivity contribution < 1.29 is 9.94 Å². The minimum atomic E-state index is -0.552. The van der Waals surface area contributed by atoms with Crippen molar-refractivity contribution in [3.63, 3.8) is 0 Å². The number of nitrogens with zero attached hydrogens (tertiary/aromatic N) is 1. The highest BCUT2D eigenvalue weighted by Crippen LogP contribution is 2.11. The summed E-state index contributed by atoms with van der Waals surface area (Å²) in [5, 5.41) is 14.0. The maximum Gasteiger partial charge on any atom is 0.115 e. The minimum absolute atomic E-state index is 0.552. The normalized spacial score (nSPS) is 13.5. The molecule has 0 fully saturated rings. The molecule has 1 N–H and O–H groups in total. The SMILES string of the molecule is CCCCC[C@@H](O)/C(=N/OC)c1ccccc1. The molecule has 0 bridgehead atoms. The first-order chi connectivity index (χ1) is 8.29. The molecule has 3 heteroatoms. The van der Waals surface area contributed by atoms with Gasteiger partial charge in [-0.3, -0.25) is 0 Å². The average molecular weight is 235 g/mol. The number of aliphatic hydroxyl groups excluding tert-OH is 1. The molecule has 0 aliphatic rings. The lowest BCUT2D eigenvalue weighted by molar-refractivity contribution is 0.190. The zero-order valence-electron chi connectivity index (χ0n) is 10.6. The van der Waals surface area contributed by atoms with Gasteiger partial charge in [0.25, 0.3) is 0 Å². The summed E-state index contributed by atoms with van der Waals surface area (Å²) in [6, 6.07) is 9.66. The first kappa shape index (κ1) is 13.7. The average Bonchev–Trinajstić information content (AvgIpc) is 2.37. The Morgan fingerprint density at radius 1 is 1.29 bits per heavy atom. The van der Waals surface area contributed by atoms with Gasteiger partial charge in [0.15, 0.2) is 0 Å². The molecule has 1 aromatic rings. The Balaban J connectivity index is 2.70. The standard InChI is InChI=1S/C14H21NO2/c1-3-4-6-11-13(16)14(15-17-2)12-9-7-5-8-10-12/h5,7-10,13,16H,3-4,6,11H2,1-2H3/b15-14+/t13-/m1/s1. The molecular formula is C14H21NO2. The van der Waals surface area contributed by atoms with E-state index in [4.69, 9.17) is 4.84 Å². The molecule has 3 nitrogen and oxygen atoms in total. The summed E-state index contributed by atoms with van der Waals surface area (Å²) in [4.78, 5) is 4.81. The fraction of sp³-hybridized carbons (Fsp3) is 0.500. The molecule has 1 aromatic carbocycles. The molecule has 0 saturated carbocycles. The summed E-state index contributed by atoms with van der Waals surface area (Å²) in [7, 11) is 1.50. The van der Waals surface area contributed by atoms with Crippen LogP contribution in [0.3, 0.4) is 0 Å². The molecule has 1 rings (SSSR count). The van der Waals surface area contributed by atoms with E-state index in [1.807, 2.05) is 30.3 Å². The van der Waals surface area contributed by atoms with Crippen LogP contribution >= 0.6 is 0 Å². The van der Waals surface area contributed by atoms with Gasteiger partial charge in [0.05, 0.1) is 6.10 Å². The minimum Gasteiger partial charge on any atom is -0.399 e. The smallest absolute Gasteiger partial charge is 0.115 e. The Hall–Kier alpha value is -1.35. The third kappa shape index (κ3) is 4.57. The first-order valence-corrected chi connectivity index (χ1v) is 6.14. The highest BCUT2D eigenvalue weighted by atomic mass is 16.6. The van der Waals surface area contributed by atoms with E-state index >= 15 is 0 Å². The third-order valence-corrected chi connectivity index (χ3v) is 2.66. The summed E-state index contributed by atoms with van der Waals surface area (Å²) >= 11 is 0. The zero-order valence-corrected chi connectivity index (χ0v) is 10.6. The van der Waals surface area contributed by atoms with Crippen LogP contribution in [0.5, 0.6) is 0 Å². The van der Waals surface area contributed by atoms with Crippen molar-refractivity contribution >= 4 is 5.71 Å². The topological polar surface area (TPSA) is 41.8 Å². The molecule has 0 heterocycles. The van der Waals surface area contributed by atoms with Crippen molar-refractivity contribution in [2.24, 2.45) is 5.16 Å². The van der Waals surface area contributed by atoms with Crippen molar-refractivity contribution in [2.45, 2.75) is 38.7 Å². The van der Waals surface area contributed by atoms with Crippen LogP contribution in [0.25, 0.3) is 0 Å². The Kier molecular flexibility index (Phi) is 6.33. The van der Waals surface area contributed by atoms with E-state index in [0.717, 1.165) is 31.2 Å². The first-order valence-electron chi connectivity index (χ1n) is 6.14. The van der Waals surface area contributed by atoms with E-state index < -0.39 is 6.10 Å². The van der Waals surface area contributed by atoms with Crippen LogP contribution in [0.2, 0.25) is 0 Å². The fourth-order valence-electron chi connectivity index (χ4n) is 1.74. The van der Waals surface area contributed by atoms with Gasteiger partial charge in [0.2, 0.25) is 0 Å². The van der Waals surface area contributed by atoms with Crippen molar-refractivity contribution in [1.29, 1.82) is 0 Å². The Bertz CT molecular complexity index is 335. The Labute approximate surface area is 103 Å². The number of hydrogen-bond donors (Lipinski definition) is 1. The zero-order chi connectivity index (χ0) is 12.5. The van der Waals surface area contributed by atoms with Gasteiger partial charge in [-0.05, 0) is 6.42 Å². The van der Waals surface area contributed by atoms with Gasteiger partial charge in [0, 0.05) is 5.56 Å². The second kappa shape index (κ2) is 7.85. The van der Waals surface area contributed by atoms with Crippen molar-refractivity contribution in [3.05, 3.63) is 35.9 Å². The van der Waals surface area contributed by atoms with Gasteiger partial charge < -0.3 is 9.94 Å². The van der Waals surface area contributed by atoms with Gasteiger partial charge in [-0.2, -0.15) is 0 Å². The maximum atomic E-state index is 10.1. The van der Waals surface area contributed by atoms with Gasteiger partial charge in [-0.1, -0.05) is 61.7 Å². The second-order valence-corrected chi connectivity index (χ2v) is 4.04. The van der Waals surface area contributed by atoms with Crippen LogP contribution in [0.1, 0.15) is 38.2 Å². The van der Waals surface area contributed by atoms with Gasteiger partial charge in [-0.25, -0.2) is 0 Å². The molecule has 94 valence electrons. The van der Waals surface area contributed by atoms with E-state index in [0.29, 0.717) is 5.71 Å². The predicted molar refractivity (Wildman–Crippen MR) is 70.1 cm³/mol. The van der Waals surface area contributed by atoms with E-state index in [1.54, 1.807) is 0 Å². The Morgan fingerprint density at radius 3 is 2.59 bits per heavy atom. The van der Waals surface area contributed by atoms with Gasteiger partial charge in [0.1, 0.15) is 12.8 Å². The third-order valence-electron chi connectivity index (χ3n) is 2.66. The van der Waals surface area contributed by atoms with Gasteiger partial charge in [-0.15, -0.1) is 0 Å². The quantitative estimate of drug-likeness (QED) is 0.448. The lowest BCUT2D eigenvalue weighted by Gasteiger charge is -2.13. The van der Waals surface area contributed by atoms with Crippen molar-refractivity contribution in [2.75, 3.05) is 7.11 Å². The van der Waals surface area contributed by atoms with Gasteiger partial charge >= 0.3 is 0 Å². The maximum absolute atomic E-state index is 10.1. The highest BCUT2D eigenvalue weighted by Gasteiger charge is 2.15. The van der Waals surface area contributed by atoms with Crippen LogP contribution in [0.4, 0.5) is 0 Å². The monoisotopic (exact) mass is 235 g/mol. The number of aliphatic hydroxyl groups is 1. The molecule has 0 saturated heterocycles. The summed E-state index contributed by atoms with van der Waals surface area (Å²) in [6.45, 7) is 2.15. The molecule has 1 atom stereocenters. The lowest BCUT2D eigenvalue weighted by atomic mass is 10.0. The predicted octanol–water partition coefficient (Wildman–Crippen LogP) is 2.98. The summed E-state index contributed by atoms with van der Waals surface area (Å²) in [5.74, 6) is 0. The molecule has 0 unspecified atom stereocenters. The van der Waals surface area contributed by atoms with Crippen LogP contribution in [0.15, 0.2) is 35.5 Å². The summed E-state index contributed by atoms with van der Waals surface area (Å²) in [6.07, 6.45) is 3.46. The molecule has 0 radical (unpaired) electrons. The van der Waals surface area contributed by atoms with Crippen LogP contribution in [0, 0.1) is 0 Å². The molecule has 0 aliphatic heterocycles. The number of benzene rings is 1. The molecule has 0 aromatic heterocycles. The van der Waals surface area contributed by atoms with E-state index in [2.05, 4.69) is 12.1 Å². The van der Waals surface area contributed by atoms with E-state index in [9.17, 15) is 5.11 Å². The Morgan fingerprint density at radius 2 is 2.00 bits per heavy atom. The van der Waals surface area contributed by atoms with E-state index in [1.165, 1.54) is 7.11 Å². The molecule has 17 heavy (non-hydrogen) atoms. The van der Waals surface area contributed by atoms with Crippen molar-refractivity contribution in [3.8, 4) is 0 Å². The number of hydrogen-bond acceptors (Lipinski definition) is 3. The summed E-state index contributed by atoms with van der Waals surface area (Å²) < 4.78 is 0. The van der Waals surface area contributed by atoms with Crippen molar-refractivity contribution in [1.82, 2.24) is 0 Å². The van der Waals surface area contributed by atoms with Crippen LogP contribution in [-0.4, -0.2) is 24.0 Å². The molecular weight excluding hydrogens is 214 g/mol. The molecule has 0 aliphatic carbocycles. The van der Waals surface area contributed by atoms with Crippen LogP contribution < -0.4 is 0 Å². The van der Waals surface area contributed by atoms with Crippen LogP contribution in [-0.2, 0) is 4.84 Å². The molecule has 0 amide bonds. The highest BCUT2D eigenvalue weighted by molar-refractivity contribution is 6.03. The second-order valence-electron chi connectivity index (χ2n) is 4.04. The van der Waals surface area contributed by atoms with E-state index in [-0.39, 0.29) is 0 Å². The largest absolute Gasteiger partial charge is 0.399 e. The molecule has 0 spiro atoms.